The van der Waals surface area contributed by atoms with Gasteiger partial charge in [0, 0.05) is 0 Å². The molecule has 4 rings (SSSR count). The van der Waals surface area contributed by atoms with E-state index in [1.165, 1.54) is 6.33 Å². The Bertz CT molecular complexity index is 968. The summed E-state index contributed by atoms with van der Waals surface area (Å²) in [5.74, 6) is -0.479. The van der Waals surface area contributed by atoms with Crippen LogP contribution >= 0.6 is 0 Å². The fraction of sp³-hybridized carbons (Fsp3) is 0.650. The van der Waals surface area contributed by atoms with Gasteiger partial charge in [-0.25, -0.2) is 14.3 Å². The van der Waals surface area contributed by atoms with E-state index >= 15 is 0 Å². The molecule has 164 valence electrons. The van der Waals surface area contributed by atoms with Crippen molar-refractivity contribution in [3.05, 3.63) is 24.2 Å². The molecule has 4 atom stereocenters. The Morgan fingerprint density at radius 2 is 2.00 bits per heavy atom. The predicted molar refractivity (Wildman–Crippen MR) is 106 cm³/mol. The minimum Gasteiger partial charge on any atom is -0.444 e. The predicted octanol–water partition coefficient (Wildman–Crippen LogP) is 2.42. The zero-order valence-electron chi connectivity index (χ0n) is 18.0. The van der Waals surface area contributed by atoms with Gasteiger partial charge in [-0.05, 0) is 53.7 Å². The zero-order chi connectivity index (χ0) is 21.9. The van der Waals surface area contributed by atoms with E-state index in [-0.39, 0.29) is 6.61 Å². The number of nitrogens with one attached hydrogen (secondary N) is 1. The summed E-state index contributed by atoms with van der Waals surface area (Å²) in [7, 11) is 0. The second-order valence-electron chi connectivity index (χ2n) is 9.32. The van der Waals surface area contributed by atoms with Crippen LogP contribution in [0.3, 0.4) is 0 Å². The first kappa shape index (κ1) is 21.0. The highest BCUT2D eigenvalue weighted by atomic mass is 16.8. The third-order valence-corrected chi connectivity index (χ3v) is 5.13. The minimum atomic E-state index is -0.919. The van der Waals surface area contributed by atoms with E-state index in [0.29, 0.717) is 17.0 Å². The van der Waals surface area contributed by atoms with Gasteiger partial charge in [0.15, 0.2) is 11.6 Å². The molecule has 1 amide bonds. The summed E-state index contributed by atoms with van der Waals surface area (Å²) in [5, 5.41) is 16.9. The average molecular weight is 420 g/mol. The maximum atomic E-state index is 12.2. The molecule has 0 radical (unpaired) electrons. The Hall–Kier alpha value is -2.27. The highest BCUT2D eigenvalue weighted by molar-refractivity contribution is 5.88. The number of nitrogens with zero attached hydrogens (tertiary/aromatic N) is 3. The fourth-order valence-corrected chi connectivity index (χ4v) is 3.93. The molecule has 0 bridgehead atoms. The van der Waals surface area contributed by atoms with Gasteiger partial charge in [-0.15, -0.1) is 0 Å². The third kappa shape index (κ3) is 3.64. The number of aliphatic hydroxyl groups is 1. The molecule has 0 saturated carbocycles. The van der Waals surface area contributed by atoms with Crippen molar-refractivity contribution in [1.82, 2.24) is 14.6 Å². The van der Waals surface area contributed by atoms with Crippen molar-refractivity contribution in [2.75, 3.05) is 11.9 Å². The number of amides is 1. The number of carbonyl (C=O) groups is 1. The smallest absolute Gasteiger partial charge is 0.413 e. The number of hydrogen-bond donors (Lipinski definition) is 2. The first-order valence-electron chi connectivity index (χ1n) is 9.89. The van der Waals surface area contributed by atoms with Gasteiger partial charge in [-0.2, -0.15) is 5.10 Å². The van der Waals surface area contributed by atoms with E-state index in [1.54, 1.807) is 38.3 Å². The van der Waals surface area contributed by atoms with E-state index in [1.807, 2.05) is 19.9 Å². The summed E-state index contributed by atoms with van der Waals surface area (Å²) < 4.78 is 25.3. The first-order chi connectivity index (χ1) is 13.9. The second kappa shape index (κ2) is 6.88. The summed E-state index contributed by atoms with van der Waals surface area (Å²) in [4.78, 5) is 16.4. The molecule has 2 aliphatic heterocycles. The van der Waals surface area contributed by atoms with Crippen molar-refractivity contribution in [1.29, 1.82) is 0 Å². The molecule has 2 aromatic heterocycles. The lowest BCUT2D eigenvalue weighted by Gasteiger charge is -2.29. The Kier molecular flexibility index (Phi) is 4.81. The van der Waals surface area contributed by atoms with Crippen LogP contribution in [0.25, 0.3) is 5.52 Å². The Morgan fingerprint density at radius 3 is 2.67 bits per heavy atom. The molecule has 2 saturated heterocycles. The Labute approximate surface area is 174 Å². The van der Waals surface area contributed by atoms with Crippen molar-refractivity contribution in [2.24, 2.45) is 0 Å². The molecule has 0 unspecified atom stereocenters. The van der Waals surface area contributed by atoms with Gasteiger partial charge in [0.2, 0.25) is 0 Å². The van der Waals surface area contributed by atoms with Crippen LogP contribution in [0.1, 0.15) is 53.3 Å². The molecule has 2 N–H and O–H groups in total. The molecule has 10 nitrogen and oxygen atoms in total. The van der Waals surface area contributed by atoms with Gasteiger partial charge in [-0.1, -0.05) is 0 Å². The molecule has 4 heterocycles. The van der Waals surface area contributed by atoms with Gasteiger partial charge in [0.1, 0.15) is 41.4 Å². The van der Waals surface area contributed by atoms with Gasteiger partial charge >= 0.3 is 6.09 Å². The van der Waals surface area contributed by atoms with Crippen LogP contribution in [-0.2, 0) is 18.9 Å². The molecular weight excluding hydrogens is 392 g/mol. The van der Waals surface area contributed by atoms with Gasteiger partial charge < -0.3 is 24.1 Å². The van der Waals surface area contributed by atoms with Crippen molar-refractivity contribution in [3.63, 3.8) is 0 Å². The topological polar surface area (TPSA) is 116 Å². The van der Waals surface area contributed by atoms with Crippen LogP contribution in [0.5, 0.6) is 0 Å². The Balaban J connectivity index is 1.67. The van der Waals surface area contributed by atoms with Crippen molar-refractivity contribution < 1.29 is 28.8 Å². The van der Waals surface area contributed by atoms with Crippen molar-refractivity contribution in [3.8, 4) is 0 Å². The summed E-state index contributed by atoms with van der Waals surface area (Å²) >= 11 is 0. The minimum absolute atomic E-state index is 0.214. The number of ether oxygens (including phenoxy) is 4. The highest BCUT2D eigenvalue weighted by Crippen LogP contribution is 2.49. The van der Waals surface area contributed by atoms with Crippen LogP contribution in [-0.4, -0.2) is 61.6 Å². The summed E-state index contributed by atoms with van der Waals surface area (Å²) in [6.45, 7) is 10.6. The van der Waals surface area contributed by atoms with E-state index in [2.05, 4.69) is 15.4 Å². The van der Waals surface area contributed by atoms with Crippen molar-refractivity contribution >= 4 is 17.4 Å². The number of carbonyl (C=O) groups excluding carboxylic acids is 1. The largest absolute Gasteiger partial charge is 0.444 e. The molecule has 0 spiro atoms. The monoisotopic (exact) mass is 420 g/mol. The number of rotatable bonds is 3. The lowest BCUT2D eigenvalue weighted by Crippen LogP contribution is -2.43. The number of aliphatic hydroxyl groups excluding tert-OH is 1. The quantitative estimate of drug-likeness (QED) is 0.778. The van der Waals surface area contributed by atoms with E-state index in [4.69, 9.17) is 18.9 Å². The van der Waals surface area contributed by atoms with Gasteiger partial charge in [0.05, 0.1) is 12.3 Å². The lowest BCUT2D eigenvalue weighted by molar-refractivity contribution is -0.213. The highest BCUT2D eigenvalue weighted by Gasteiger charge is 2.61. The van der Waals surface area contributed by atoms with E-state index in [9.17, 15) is 9.90 Å². The van der Waals surface area contributed by atoms with E-state index in [0.717, 1.165) is 0 Å². The number of aromatic nitrogens is 3. The first-order valence-corrected chi connectivity index (χ1v) is 9.89. The van der Waals surface area contributed by atoms with Crippen LogP contribution in [0.4, 0.5) is 10.6 Å². The lowest BCUT2D eigenvalue weighted by atomic mass is 9.97. The second-order valence-corrected chi connectivity index (χ2v) is 9.32. The van der Waals surface area contributed by atoms with E-state index < -0.39 is 41.4 Å². The molecule has 30 heavy (non-hydrogen) atoms. The molecule has 2 aromatic rings. The van der Waals surface area contributed by atoms with Gasteiger partial charge in [0.25, 0.3) is 0 Å². The average Bonchev–Trinajstić information content (AvgIpc) is 3.25. The Morgan fingerprint density at radius 1 is 1.27 bits per heavy atom. The van der Waals surface area contributed by atoms with Crippen molar-refractivity contribution in [2.45, 2.75) is 76.8 Å². The zero-order valence-corrected chi connectivity index (χ0v) is 18.0. The van der Waals surface area contributed by atoms with Crippen LogP contribution in [0.2, 0.25) is 0 Å². The number of hydrogen-bond acceptors (Lipinski definition) is 8. The molecule has 0 aromatic carbocycles. The maximum absolute atomic E-state index is 12.2. The third-order valence-electron chi connectivity index (χ3n) is 5.13. The molecule has 0 aliphatic carbocycles. The molecule has 2 fully saturated rings. The normalized spacial score (nSPS) is 30.4. The standard InChI is InChI=1S/C20H28N4O6/c1-18(2,3)30-17(26)23-16-12-8-7-11(24(12)22-10-21-16)13-14-15(20(6,9-25)28-13)29-19(4,5)27-14/h7-8,10,13-15,25H,9H2,1-6H3,(H,21,22,23,26)/t13-,14-,15-,20+/m0/s1. The van der Waals surface area contributed by atoms with Gasteiger partial charge in [-0.3, -0.25) is 5.32 Å². The number of fused-ring (bicyclic) bond motifs is 2. The van der Waals surface area contributed by atoms with Crippen LogP contribution < -0.4 is 5.32 Å². The summed E-state index contributed by atoms with van der Waals surface area (Å²) in [6, 6.07) is 3.62. The molecule has 10 heteroatoms. The van der Waals surface area contributed by atoms with Crippen LogP contribution in [0, 0.1) is 0 Å². The van der Waals surface area contributed by atoms with Crippen LogP contribution in [0.15, 0.2) is 18.5 Å². The summed E-state index contributed by atoms with van der Waals surface area (Å²) in [5.41, 5.74) is -0.269. The summed E-state index contributed by atoms with van der Waals surface area (Å²) in [6.07, 6.45) is -0.649. The fourth-order valence-electron chi connectivity index (χ4n) is 3.93. The number of anilines is 1. The SMILES string of the molecule is CC(C)(C)OC(=O)Nc1ncnn2c([C@@H]3O[C@](C)(CO)[C@H]4OC(C)(C)O[C@@H]34)ccc12. The maximum Gasteiger partial charge on any atom is 0.413 e. The molecule has 2 aliphatic rings. The molecular formula is C20H28N4O6.